The third-order valence-electron chi connectivity index (χ3n) is 3.02. The molecule has 0 aromatic heterocycles. The zero-order valence-electron chi connectivity index (χ0n) is 11.2. The van der Waals surface area contributed by atoms with Crippen LogP contribution >= 0.6 is 0 Å². The highest BCUT2D eigenvalue weighted by Gasteiger charge is 2.93. The number of halogens is 15. The molecule has 0 unspecified atom stereocenters. The largest absolute Gasteiger partial charge is 0.469 e. The SMILES string of the molecule is OCC(F)(F)C(F)(F)N1C(F)(F)C(F)(F)N(C(F)(F)F)C(F)(F)C1(F)F. The summed E-state index contributed by atoms with van der Waals surface area (Å²) in [6, 6.07) is -37.7. The van der Waals surface area contributed by atoms with Gasteiger partial charge in [0.05, 0.1) is 0 Å². The number of aliphatic hydroxyl groups excluding tert-OH is 1. The zero-order valence-corrected chi connectivity index (χ0v) is 11.2. The maximum absolute atomic E-state index is 13.4. The average molecular weight is 428 g/mol. The Morgan fingerprint density at radius 1 is 0.577 bits per heavy atom. The molecular weight excluding hydrogens is 425 g/mol. The highest BCUT2D eigenvalue weighted by Crippen LogP contribution is 2.63. The van der Waals surface area contributed by atoms with Crippen molar-refractivity contribution in [3.63, 3.8) is 0 Å². The summed E-state index contributed by atoms with van der Waals surface area (Å²) in [5.41, 5.74) is 0. The lowest BCUT2D eigenvalue weighted by Crippen LogP contribution is -2.86. The van der Waals surface area contributed by atoms with E-state index in [1.165, 1.54) is 0 Å². The molecule has 1 fully saturated rings. The minimum absolute atomic E-state index is 3.29. The molecule has 1 rings (SSSR count). The van der Waals surface area contributed by atoms with Gasteiger partial charge in [0.1, 0.15) is 6.61 Å². The van der Waals surface area contributed by atoms with Crippen molar-refractivity contribution < 1.29 is 71.0 Å². The Hall–Kier alpha value is -1.17. The van der Waals surface area contributed by atoms with Crippen molar-refractivity contribution in [3.05, 3.63) is 0 Å². The Kier molecular flexibility index (Phi) is 4.78. The summed E-state index contributed by atoms with van der Waals surface area (Å²) in [6.07, 6.45) is -7.35. The summed E-state index contributed by atoms with van der Waals surface area (Å²) in [4.78, 5) is -8.05. The lowest BCUT2D eigenvalue weighted by atomic mass is 10.1. The Balaban J connectivity index is 3.88. The van der Waals surface area contributed by atoms with Crippen LogP contribution < -0.4 is 0 Å². The van der Waals surface area contributed by atoms with Crippen molar-refractivity contribution in [3.8, 4) is 0 Å². The molecule has 156 valence electrons. The van der Waals surface area contributed by atoms with Gasteiger partial charge >= 0.3 is 42.5 Å². The van der Waals surface area contributed by atoms with E-state index in [9.17, 15) is 65.9 Å². The van der Waals surface area contributed by atoms with Crippen LogP contribution in [0.1, 0.15) is 0 Å². The minimum atomic E-state index is -7.62. The second kappa shape index (κ2) is 5.43. The van der Waals surface area contributed by atoms with Gasteiger partial charge in [-0.1, -0.05) is 4.90 Å². The van der Waals surface area contributed by atoms with Gasteiger partial charge in [0.15, 0.2) is 0 Å². The fraction of sp³-hybridized carbons (Fsp3) is 1.00. The molecule has 0 saturated carbocycles. The predicted molar refractivity (Wildman–Crippen MR) is 46.5 cm³/mol. The Morgan fingerprint density at radius 3 is 1.08 bits per heavy atom. The van der Waals surface area contributed by atoms with E-state index in [0.29, 0.717) is 0 Å². The topological polar surface area (TPSA) is 26.7 Å². The van der Waals surface area contributed by atoms with Crippen LogP contribution in [0.4, 0.5) is 65.9 Å². The molecule has 26 heavy (non-hydrogen) atoms. The number of rotatable bonds is 3. The molecule has 0 aromatic carbocycles. The third-order valence-corrected chi connectivity index (χ3v) is 3.02. The molecule has 1 aliphatic heterocycles. The van der Waals surface area contributed by atoms with E-state index < -0.39 is 58.9 Å². The number of hydrogen-bond donors (Lipinski definition) is 1. The molecule has 1 saturated heterocycles. The van der Waals surface area contributed by atoms with Crippen LogP contribution in [-0.4, -0.2) is 64.0 Å². The maximum Gasteiger partial charge on any atom is 0.469 e. The fourth-order valence-electron chi connectivity index (χ4n) is 1.82. The van der Waals surface area contributed by atoms with Gasteiger partial charge in [-0.2, -0.15) is 65.9 Å². The maximum atomic E-state index is 13.4. The van der Waals surface area contributed by atoms with Crippen LogP contribution in [0.15, 0.2) is 0 Å². The molecule has 1 aliphatic rings. The van der Waals surface area contributed by atoms with E-state index in [4.69, 9.17) is 5.11 Å². The summed E-state index contributed by atoms with van der Waals surface area (Å²) in [5, 5.41) is 7.93. The van der Waals surface area contributed by atoms with E-state index in [-0.39, 0.29) is 0 Å². The van der Waals surface area contributed by atoms with Crippen molar-refractivity contribution in [2.24, 2.45) is 0 Å². The predicted octanol–water partition coefficient (Wildman–Crippen LogP) is 3.72. The van der Waals surface area contributed by atoms with Gasteiger partial charge in [0.25, 0.3) is 0 Å². The van der Waals surface area contributed by atoms with Gasteiger partial charge in [-0.05, 0) is 0 Å². The van der Waals surface area contributed by atoms with Gasteiger partial charge < -0.3 is 5.11 Å². The van der Waals surface area contributed by atoms with Crippen LogP contribution in [-0.2, 0) is 0 Å². The first kappa shape index (κ1) is 22.9. The zero-order chi connectivity index (χ0) is 21.4. The minimum Gasteiger partial charge on any atom is -0.390 e. The monoisotopic (exact) mass is 428 g/mol. The van der Waals surface area contributed by atoms with Crippen molar-refractivity contribution in [2.45, 2.75) is 42.5 Å². The third kappa shape index (κ3) is 2.59. The Bertz CT molecular complexity index is 526. The van der Waals surface area contributed by atoms with E-state index in [0.717, 1.165) is 0 Å². The first-order chi connectivity index (χ1) is 11.0. The van der Waals surface area contributed by atoms with E-state index in [1.54, 1.807) is 0 Å². The molecule has 0 atom stereocenters. The second-order valence-electron chi connectivity index (χ2n) is 4.71. The highest BCUT2D eigenvalue weighted by atomic mass is 19.4. The van der Waals surface area contributed by atoms with Crippen LogP contribution in [0, 0.1) is 0 Å². The molecule has 0 bridgehead atoms. The van der Waals surface area contributed by atoms with E-state index >= 15 is 0 Å². The van der Waals surface area contributed by atoms with E-state index in [2.05, 4.69) is 0 Å². The van der Waals surface area contributed by atoms with Crippen LogP contribution in [0.2, 0.25) is 0 Å². The van der Waals surface area contributed by atoms with Crippen molar-refractivity contribution >= 4 is 0 Å². The second-order valence-corrected chi connectivity index (χ2v) is 4.71. The van der Waals surface area contributed by atoms with Gasteiger partial charge in [-0.3, -0.25) is 0 Å². The molecule has 0 amide bonds. The Labute approximate surface area is 131 Å². The number of nitrogens with zero attached hydrogens (tertiary/aromatic N) is 2. The molecule has 1 N–H and O–H groups in total. The molecule has 0 aromatic rings. The van der Waals surface area contributed by atoms with Crippen LogP contribution in [0.5, 0.6) is 0 Å². The summed E-state index contributed by atoms with van der Waals surface area (Å²) in [5.74, 6) is -6.47. The number of hydrogen-bond acceptors (Lipinski definition) is 3. The molecule has 0 radical (unpaired) electrons. The Morgan fingerprint density at radius 2 is 0.846 bits per heavy atom. The molecule has 1 heterocycles. The molecule has 18 heteroatoms. The standard InChI is InChI=1S/C8H3F15N2O/c9-2(10,1-26)3(11,12)24-4(13,14)6(17,18)25(8(21,22)23)7(19,20)5(24,15)16/h26H,1H2. The number of piperazine rings is 1. The molecule has 0 spiro atoms. The normalized spacial score (nSPS) is 26.8. The lowest BCUT2D eigenvalue weighted by Gasteiger charge is -2.55. The fourth-order valence-corrected chi connectivity index (χ4v) is 1.82. The smallest absolute Gasteiger partial charge is 0.390 e. The first-order valence-corrected chi connectivity index (χ1v) is 5.60. The number of alkyl halides is 15. The number of aliphatic hydroxyl groups is 1. The summed E-state index contributed by atoms with van der Waals surface area (Å²) < 4.78 is 195. The molecule has 0 aliphatic carbocycles. The van der Waals surface area contributed by atoms with Gasteiger partial charge in [-0.15, -0.1) is 4.90 Å². The van der Waals surface area contributed by atoms with E-state index in [1.807, 2.05) is 0 Å². The first-order valence-electron chi connectivity index (χ1n) is 5.60. The van der Waals surface area contributed by atoms with Crippen LogP contribution in [0.25, 0.3) is 0 Å². The van der Waals surface area contributed by atoms with Gasteiger partial charge in [-0.25, -0.2) is 0 Å². The summed E-state index contributed by atoms with van der Waals surface area (Å²) in [7, 11) is 0. The average Bonchev–Trinajstić information content (AvgIpc) is 2.32. The van der Waals surface area contributed by atoms with Gasteiger partial charge in [0.2, 0.25) is 0 Å². The van der Waals surface area contributed by atoms with Crippen LogP contribution in [0.3, 0.4) is 0 Å². The molecular formula is C8H3F15N2O. The van der Waals surface area contributed by atoms with Crippen molar-refractivity contribution in [2.75, 3.05) is 6.61 Å². The molecule has 3 nitrogen and oxygen atoms in total. The lowest BCUT2D eigenvalue weighted by molar-refractivity contribution is -0.579. The van der Waals surface area contributed by atoms with Crippen molar-refractivity contribution in [1.82, 2.24) is 9.80 Å². The summed E-state index contributed by atoms with van der Waals surface area (Å²) in [6.45, 7) is -3.29. The van der Waals surface area contributed by atoms with Crippen molar-refractivity contribution in [1.29, 1.82) is 0 Å². The summed E-state index contributed by atoms with van der Waals surface area (Å²) >= 11 is 0. The quantitative estimate of drug-likeness (QED) is 0.549. The highest BCUT2D eigenvalue weighted by molar-refractivity contribution is 5.07. The van der Waals surface area contributed by atoms with Gasteiger partial charge in [0, 0.05) is 0 Å².